The van der Waals surface area contributed by atoms with Crippen LogP contribution in [0.15, 0.2) is 29.0 Å². The van der Waals surface area contributed by atoms with Gasteiger partial charge >= 0.3 is 0 Å². The van der Waals surface area contributed by atoms with Gasteiger partial charge in [0.05, 0.1) is 12.9 Å². The minimum Gasteiger partial charge on any atom is -0.383 e. The Morgan fingerprint density at radius 1 is 1.53 bits per heavy atom. The van der Waals surface area contributed by atoms with Gasteiger partial charge in [0.15, 0.2) is 0 Å². The van der Waals surface area contributed by atoms with Gasteiger partial charge in [-0.2, -0.15) is 0 Å². The normalized spacial score (nSPS) is 10.2. The molecule has 1 aromatic carbocycles. The summed E-state index contributed by atoms with van der Waals surface area (Å²) in [6.45, 7) is 0.407. The number of nitrogens with zero attached hydrogens (tertiary/aromatic N) is 2. The molecule has 86 valence electrons. The van der Waals surface area contributed by atoms with E-state index in [2.05, 4.69) is 26.8 Å². The smallest absolute Gasteiger partial charge is 0.132 e. The van der Waals surface area contributed by atoms with Crippen molar-refractivity contribution in [3.63, 3.8) is 0 Å². The first-order chi connectivity index (χ1) is 8.13. The summed E-state index contributed by atoms with van der Waals surface area (Å²) in [6, 6.07) is 5.46. The number of halogens is 2. The number of terminal acetylenes is 1. The molecule has 1 aromatic heterocycles. The zero-order valence-electron chi connectivity index (χ0n) is 8.82. The van der Waals surface area contributed by atoms with Crippen molar-refractivity contribution < 1.29 is 0 Å². The standard InChI is InChI=1S/C12H9BrClN3/c1-2-5-17-7-16-11(12(17)15)9-4-3-8(14)6-10(9)13/h1,3-4,6-7H,5,15H2. The molecular weight excluding hydrogens is 302 g/mol. The first-order valence-corrected chi connectivity index (χ1v) is 6.00. The molecule has 0 saturated heterocycles. The first kappa shape index (κ1) is 12.0. The van der Waals surface area contributed by atoms with Gasteiger partial charge in [0.2, 0.25) is 0 Å². The van der Waals surface area contributed by atoms with Gasteiger partial charge in [0.1, 0.15) is 11.5 Å². The average molecular weight is 311 g/mol. The summed E-state index contributed by atoms with van der Waals surface area (Å²) in [7, 11) is 0. The maximum Gasteiger partial charge on any atom is 0.132 e. The molecule has 5 heteroatoms. The van der Waals surface area contributed by atoms with E-state index in [1.165, 1.54) is 0 Å². The zero-order chi connectivity index (χ0) is 12.4. The maximum absolute atomic E-state index is 5.98. The summed E-state index contributed by atoms with van der Waals surface area (Å²) in [5.74, 6) is 3.07. The van der Waals surface area contributed by atoms with Gasteiger partial charge in [-0.1, -0.05) is 39.5 Å². The molecule has 2 rings (SSSR count). The Labute approximate surface area is 113 Å². The van der Waals surface area contributed by atoms with Crippen LogP contribution in [0.4, 0.5) is 5.82 Å². The van der Waals surface area contributed by atoms with E-state index >= 15 is 0 Å². The van der Waals surface area contributed by atoms with Crippen molar-refractivity contribution in [1.82, 2.24) is 9.55 Å². The average Bonchev–Trinajstić information content (AvgIpc) is 2.62. The van der Waals surface area contributed by atoms with Crippen molar-refractivity contribution in [2.45, 2.75) is 6.54 Å². The molecule has 0 aliphatic rings. The number of imidazole rings is 1. The van der Waals surface area contributed by atoms with Gasteiger partial charge in [-0.15, -0.1) is 6.42 Å². The van der Waals surface area contributed by atoms with Gasteiger partial charge in [0.25, 0.3) is 0 Å². The highest BCUT2D eigenvalue weighted by Gasteiger charge is 2.12. The number of rotatable bonds is 2. The van der Waals surface area contributed by atoms with Crippen LogP contribution >= 0.6 is 27.5 Å². The minimum absolute atomic E-state index is 0.407. The largest absolute Gasteiger partial charge is 0.383 e. The van der Waals surface area contributed by atoms with Gasteiger partial charge in [-0.25, -0.2) is 4.98 Å². The summed E-state index contributed by atoms with van der Waals surface area (Å²) in [5, 5.41) is 0.655. The molecule has 0 atom stereocenters. The Morgan fingerprint density at radius 3 is 2.94 bits per heavy atom. The number of anilines is 1. The van der Waals surface area contributed by atoms with Crippen LogP contribution in [0.25, 0.3) is 11.3 Å². The molecule has 17 heavy (non-hydrogen) atoms. The van der Waals surface area contributed by atoms with E-state index in [4.69, 9.17) is 23.8 Å². The van der Waals surface area contributed by atoms with Crippen molar-refractivity contribution in [1.29, 1.82) is 0 Å². The van der Waals surface area contributed by atoms with Crippen LogP contribution in [0.5, 0.6) is 0 Å². The SMILES string of the molecule is C#CCn1cnc(-c2ccc(Cl)cc2Br)c1N. The minimum atomic E-state index is 0.407. The van der Waals surface area contributed by atoms with Crippen LogP contribution in [0.2, 0.25) is 5.02 Å². The number of aromatic nitrogens is 2. The van der Waals surface area contributed by atoms with Gasteiger partial charge in [-0.3, -0.25) is 0 Å². The fraction of sp³-hybridized carbons (Fsp3) is 0.0833. The van der Waals surface area contributed by atoms with Crippen LogP contribution in [0.1, 0.15) is 0 Å². The van der Waals surface area contributed by atoms with Crippen molar-refractivity contribution >= 4 is 33.3 Å². The molecule has 2 aromatic rings. The topological polar surface area (TPSA) is 43.8 Å². The van der Waals surface area contributed by atoms with Crippen LogP contribution in [-0.2, 0) is 6.54 Å². The highest BCUT2D eigenvalue weighted by molar-refractivity contribution is 9.10. The summed E-state index contributed by atoms with van der Waals surface area (Å²) in [5.41, 5.74) is 7.57. The van der Waals surface area contributed by atoms with Gasteiger partial charge in [-0.05, 0) is 12.1 Å². The number of nitrogens with two attached hydrogens (primary N) is 1. The molecule has 0 saturated carbocycles. The molecule has 0 amide bonds. The molecule has 0 aliphatic heterocycles. The summed E-state index contributed by atoms with van der Waals surface area (Å²) in [4.78, 5) is 4.26. The summed E-state index contributed by atoms with van der Waals surface area (Å²) < 4.78 is 2.57. The maximum atomic E-state index is 5.98. The second kappa shape index (κ2) is 4.82. The Kier molecular flexibility index (Phi) is 3.41. The highest BCUT2D eigenvalue weighted by atomic mass is 79.9. The fourth-order valence-corrected chi connectivity index (χ4v) is 2.38. The number of benzene rings is 1. The quantitative estimate of drug-likeness (QED) is 0.866. The highest BCUT2D eigenvalue weighted by Crippen LogP contribution is 2.32. The molecule has 0 bridgehead atoms. The molecule has 3 nitrogen and oxygen atoms in total. The van der Waals surface area contributed by atoms with Crippen molar-refractivity contribution in [3.05, 3.63) is 34.0 Å². The van der Waals surface area contributed by atoms with Crippen LogP contribution in [0.3, 0.4) is 0 Å². The van der Waals surface area contributed by atoms with Crippen LogP contribution < -0.4 is 5.73 Å². The van der Waals surface area contributed by atoms with E-state index in [-0.39, 0.29) is 0 Å². The second-order valence-electron chi connectivity index (χ2n) is 3.43. The first-order valence-electron chi connectivity index (χ1n) is 4.83. The lowest BCUT2D eigenvalue weighted by atomic mass is 10.1. The van der Waals surface area contributed by atoms with Crippen molar-refractivity contribution in [2.24, 2.45) is 0 Å². The second-order valence-corrected chi connectivity index (χ2v) is 4.73. The summed E-state index contributed by atoms with van der Waals surface area (Å²) >= 11 is 9.32. The lowest BCUT2D eigenvalue weighted by Gasteiger charge is -2.04. The van der Waals surface area contributed by atoms with Gasteiger partial charge in [0, 0.05) is 15.1 Å². The molecule has 1 heterocycles. The van der Waals surface area contributed by atoms with Crippen molar-refractivity contribution in [3.8, 4) is 23.6 Å². The van der Waals surface area contributed by atoms with Gasteiger partial charge < -0.3 is 10.3 Å². The van der Waals surface area contributed by atoms with E-state index in [9.17, 15) is 0 Å². The Hall–Kier alpha value is -1.44. The van der Waals surface area contributed by atoms with E-state index < -0.39 is 0 Å². The Bertz CT molecular complexity index is 598. The number of hydrogen-bond donors (Lipinski definition) is 1. The third-order valence-corrected chi connectivity index (χ3v) is 3.22. The molecule has 2 N–H and O–H groups in total. The molecule has 0 fully saturated rings. The van der Waals surface area contributed by atoms with Crippen molar-refractivity contribution in [2.75, 3.05) is 5.73 Å². The molecule has 0 aliphatic carbocycles. The van der Waals surface area contributed by atoms with Crippen LogP contribution in [-0.4, -0.2) is 9.55 Å². The van der Waals surface area contributed by atoms with E-state index in [1.54, 1.807) is 23.0 Å². The molecule has 0 spiro atoms. The molecule has 0 unspecified atom stereocenters. The van der Waals surface area contributed by atoms with E-state index in [1.807, 2.05) is 6.07 Å². The predicted octanol–water partition coefficient (Wildman–Crippen LogP) is 3.18. The third-order valence-electron chi connectivity index (χ3n) is 2.33. The predicted molar refractivity (Wildman–Crippen MR) is 73.6 cm³/mol. The number of hydrogen-bond acceptors (Lipinski definition) is 2. The molecule has 0 radical (unpaired) electrons. The Balaban J connectivity index is 2.50. The Morgan fingerprint density at radius 2 is 2.29 bits per heavy atom. The lowest BCUT2D eigenvalue weighted by molar-refractivity contribution is 0.852. The van der Waals surface area contributed by atoms with Crippen LogP contribution in [0, 0.1) is 12.3 Å². The fourth-order valence-electron chi connectivity index (χ4n) is 1.51. The van der Waals surface area contributed by atoms with E-state index in [0.717, 1.165) is 10.0 Å². The monoisotopic (exact) mass is 309 g/mol. The zero-order valence-corrected chi connectivity index (χ0v) is 11.2. The lowest BCUT2D eigenvalue weighted by Crippen LogP contribution is -2.00. The third kappa shape index (κ3) is 2.31. The summed E-state index contributed by atoms with van der Waals surface area (Å²) in [6.07, 6.45) is 6.88. The number of nitrogen functional groups attached to an aromatic ring is 1. The van der Waals surface area contributed by atoms with E-state index in [0.29, 0.717) is 23.1 Å². The molecular formula is C12H9BrClN3.